The summed E-state index contributed by atoms with van der Waals surface area (Å²) in [5, 5.41) is 12.7. The van der Waals surface area contributed by atoms with Gasteiger partial charge in [-0.25, -0.2) is 4.79 Å². The highest BCUT2D eigenvalue weighted by molar-refractivity contribution is 5.90. The number of rotatable bonds is 5. The van der Waals surface area contributed by atoms with Gasteiger partial charge in [0.25, 0.3) is 0 Å². The van der Waals surface area contributed by atoms with E-state index in [0.29, 0.717) is 12.1 Å². The van der Waals surface area contributed by atoms with Gasteiger partial charge in [0.2, 0.25) is 0 Å². The largest absolute Gasteiger partial charge is 0.465 e. The molecule has 2 N–H and O–H groups in total. The Morgan fingerprint density at radius 3 is 2.72 bits per heavy atom. The van der Waals surface area contributed by atoms with Crippen molar-refractivity contribution in [2.24, 2.45) is 0 Å². The molecule has 18 heavy (non-hydrogen) atoms. The summed E-state index contributed by atoms with van der Waals surface area (Å²) >= 11 is 0. The molecule has 98 valence electrons. The lowest BCUT2D eigenvalue weighted by Gasteiger charge is -2.41. The fourth-order valence-corrected chi connectivity index (χ4v) is 2.26. The zero-order valence-corrected chi connectivity index (χ0v) is 10.6. The quantitative estimate of drug-likeness (QED) is 0.776. The molecule has 1 aromatic carbocycles. The maximum Gasteiger partial charge on any atom is 0.338 e. The van der Waals surface area contributed by atoms with E-state index in [1.165, 1.54) is 7.11 Å². The Bertz CT molecular complexity index is 421. The zero-order chi connectivity index (χ0) is 13.0. The van der Waals surface area contributed by atoms with Gasteiger partial charge in [-0.1, -0.05) is 18.2 Å². The number of benzene rings is 1. The van der Waals surface area contributed by atoms with Crippen molar-refractivity contribution in [1.29, 1.82) is 0 Å². The number of esters is 1. The first-order valence-electron chi connectivity index (χ1n) is 6.23. The number of ether oxygens (including phenoxy) is 1. The van der Waals surface area contributed by atoms with E-state index in [4.69, 9.17) is 4.74 Å². The Labute approximate surface area is 107 Å². The third-order valence-corrected chi connectivity index (χ3v) is 3.69. The number of aliphatic hydroxyl groups is 1. The molecular weight excluding hydrogens is 230 g/mol. The lowest BCUT2D eigenvalue weighted by molar-refractivity contribution is 0.0597. The van der Waals surface area contributed by atoms with Gasteiger partial charge in [0.15, 0.2) is 0 Å². The fraction of sp³-hybridized carbons (Fsp3) is 0.500. The Morgan fingerprint density at radius 1 is 1.44 bits per heavy atom. The SMILES string of the molecule is COC(=O)c1ccccc1CNC1(CO)CCC1. The molecule has 4 heteroatoms. The zero-order valence-electron chi connectivity index (χ0n) is 10.6. The summed E-state index contributed by atoms with van der Waals surface area (Å²) in [5.74, 6) is -0.320. The van der Waals surface area contributed by atoms with Crippen LogP contribution < -0.4 is 5.32 Å². The van der Waals surface area contributed by atoms with Crippen LogP contribution in [0.5, 0.6) is 0 Å². The summed E-state index contributed by atoms with van der Waals surface area (Å²) in [7, 11) is 1.38. The third-order valence-electron chi connectivity index (χ3n) is 3.69. The third kappa shape index (κ3) is 2.54. The minimum Gasteiger partial charge on any atom is -0.465 e. The van der Waals surface area contributed by atoms with Crippen LogP contribution in [0.25, 0.3) is 0 Å². The van der Waals surface area contributed by atoms with Crippen LogP contribution in [0.15, 0.2) is 24.3 Å². The van der Waals surface area contributed by atoms with Crippen LogP contribution in [0, 0.1) is 0 Å². The average molecular weight is 249 g/mol. The lowest BCUT2D eigenvalue weighted by atomic mass is 9.77. The van der Waals surface area contributed by atoms with Crippen molar-refractivity contribution < 1.29 is 14.6 Å². The molecule has 2 rings (SSSR count). The minimum atomic E-state index is -0.320. The first kappa shape index (κ1) is 13.1. The van der Waals surface area contributed by atoms with Crippen LogP contribution in [0.3, 0.4) is 0 Å². The molecular formula is C14H19NO3. The Hall–Kier alpha value is -1.39. The van der Waals surface area contributed by atoms with Gasteiger partial charge >= 0.3 is 5.97 Å². The summed E-state index contributed by atoms with van der Waals surface area (Å²) in [6.45, 7) is 0.721. The molecule has 0 saturated heterocycles. The van der Waals surface area contributed by atoms with Crippen LogP contribution in [0.4, 0.5) is 0 Å². The molecule has 1 fully saturated rings. The van der Waals surface area contributed by atoms with E-state index in [-0.39, 0.29) is 18.1 Å². The number of methoxy groups -OCH3 is 1. The predicted octanol–water partition coefficient (Wildman–Crippen LogP) is 1.48. The molecule has 1 saturated carbocycles. The van der Waals surface area contributed by atoms with Crippen molar-refractivity contribution in [2.75, 3.05) is 13.7 Å². The second-order valence-corrected chi connectivity index (χ2v) is 4.79. The summed E-state index contributed by atoms with van der Waals surface area (Å²) in [6.07, 6.45) is 3.12. The predicted molar refractivity (Wildman–Crippen MR) is 68.3 cm³/mol. The molecule has 0 unspecified atom stereocenters. The fourth-order valence-electron chi connectivity index (χ4n) is 2.26. The van der Waals surface area contributed by atoms with Gasteiger partial charge in [0.1, 0.15) is 0 Å². The minimum absolute atomic E-state index is 0.146. The molecule has 4 nitrogen and oxygen atoms in total. The number of hydrogen-bond acceptors (Lipinski definition) is 4. The number of hydrogen-bond donors (Lipinski definition) is 2. The van der Waals surface area contributed by atoms with E-state index in [2.05, 4.69) is 5.32 Å². The second-order valence-electron chi connectivity index (χ2n) is 4.79. The second kappa shape index (κ2) is 5.50. The molecule has 0 atom stereocenters. The molecule has 0 aromatic heterocycles. The van der Waals surface area contributed by atoms with Crippen molar-refractivity contribution >= 4 is 5.97 Å². The standard InChI is InChI=1S/C14H19NO3/c1-18-13(17)12-6-3-2-5-11(12)9-15-14(10-16)7-4-8-14/h2-3,5-6,15-16H,4,7-10H2,1H3. The molecule has 0 amide bonds. The van der Waals surface area contributed by atoms with E-state index in [1.807, 2.05) is 18.2 Å². The Morgan fingerprint density at radius 2 is 2.17 bits per heavy atom. The topological polar surface area (TPSA) is 58.6 Å². The van der Waals surface area contributed by atoms with Crippen LogP contribution >= 0.6 is 0 Å². The Kier molecular flexibility index (Phi) is 3.99. The molecule has 0 aliphatic heterocycles. The summed E-state index contributed by atoms with van der Waals surface area (Å²) in [5.41, 5.74) is 1.34. The molecule has 0 radical (unpaired) electrons. The van der Waals surface area contributed by atoms with Gasteiger partial charge in [0.05, 0.1) is 19.3 Å². The maximum absolute atomic E-state index is 11.6. The van der Waals surface area contributed by atoms with Crippen LogP contribution in [0.2, 0.25) is 0 Å². The van der Waals surface area contributed by atoms with E-state index in [1.54, 1.807) is 6.07 Å². The van der Waals surface area contributed by atoms with Crippen LogP contribution in [-0.2, 0) is 11.3 Å². The van der Waals surface area contributed by atoms with E-state index < -0.39 is 0 Å². The van der Waals surface area contributed by atoms with Crippen molar-refractivity contribution in [1.82, 2.24) is 5.32 Å². The summed E-state index contributed by atoms with van der Waals surface area (Å²) in [4.78, 5) is 11.6. The van der Waals surface area contributed by atoms with E-state index >= 15 is 0 Å². The first-order valence-corrected chi connectivity index (χ1v) is 6.23. The molecule has 0 heterocycles. The number of carbonyl (C=O) groups is 1. The lowest BCUT2D eigenvalue weighted by Crippen LogP contribution is -2.53. The smallest absolute Gasteiger partial charge is 0.338 e. The van der Waals surface area contributed by atoms with Crippen molar-refractivity contribution in [2.45, 2.75) is 31.3 Å². The molecule has 1 aliphatic rings. The average Bonchev–Trinajstić information content (AvgIpc) is 2.37. The van der Waals surface area contributed by atoms with Crippen molar-refractivity contribution in [3.8, 4) is 0 Å². The Balaban J connectivity index is 2.07. The van der Waals surface area contributed by atoms with Crippen LogP contribution in [0.1, 0.15) is 35.2 Å². The highest BCUT2D eigenvalue weighted by Crippen LogP contribution is 2.31. The van der Waals surface area contributed by atoms with Gasteiger partial charge in [-0.05, 0) is 30.9 Å². The van der Waals surface area contributed by atoms with E-state index in [0.717, 1.165) is 24.8 Å². The molecule has 1 aliphatic carbocycles. The highest BCUT2D eigenvalue weighted by Gasteiger charge is 2.35. The number of nitrogens with one attached hydrogen (secondary N) is 1. The normalized spacial score (nSPS) is 17.0. The van der Waals surface area contributed by atoms with Gasteiger partial charge in [-0.2, -0.15) is 0 Å². The van der Waals surface area contributed by atoms with E-state index in [9.17, 15) is 9.90 Å². The highest BCUT2D eigenvalue weighted by atomic mass is 16.5. The monoisotopic (exact) mass is 249 g/mol. The van der Waals surface area contributed by atoms with Gasteiger partial charge in [-0.15, -0.1) is 0 Å². The van der Waals surface area contributed by atoms with Crippen molar-refractivity contribution in [3.63, 3.8) is 0 Å². The van der Waals surface area contributed by atoms with Crippen LogP contribution in [-0.4, -0.2) is 30.3 Å². The van der Waals surface area contributed by atoms with Gasteiger partial charge < -0.3 is 15.2 Å². The molecule has 1 aromatic rings. The first-order chi connectivity index (χ1) is 8.71. The van der Waals surface area contributed by atoms with Gasteiger partial charge in [0, 0.05) is 12.1 Å². The van der Waals surface area contributed by atoms with Gasteiger partial charge in [-0.3, -0.25) is 0 Å². The molecule has 0 spiro atoms. The maximum atomic E-state index is 11.6. The number of carbonyl (C=O) groups excluding carboxylic acids is 1. The molecule has 0 bridgehead atoms. The number of aliphatic hydroxyl groups excluding tert-OH is 1. The summed E-state index contributed by atoms with van der Waals surface area (Å²) < 4.78 is 4.76. The van der Waals surface area contributed by atoms with Crippen molar-refractivity contribution in [3.05, 3.63) is 35.4 Å². The summed E-state index contributed by atoms with van der Waals surface area (Å²) in [6, 6.07) is 7.38.